The first-order chi connectivity index (χ1) is 8.95. The molecule has 6 heteroatoms. The highest BCUT2D eigenvalue weighted by Crippen LogP contribution is 2.27. The predicted molar refractivity (Wildman–Crippen MR) is 77.6 cm³/mol. The van der Waals surface area contributed by atoms with E-state index in [0.29, 0.717) is 11.2 Å². The van der Waals surface area contributed by atoms with Gasteiger partial charge in [0.05, 0.1) is 0 Å². The van der Waals surface area contributed by atoms with Crippen molar-refractivity contribution in [1.29, 1.82) is 0 Å². The molecule has 1 saturated carbocycles. The lowest BCUT2D eigenvalue weighted by molar-refractivity contribution is 0.244. The normalized spacial score (nSPS) is 17.2. The number of amides is 2. The van der Waals surface area contributed by atoms with Crippen LogP contribution in [0.2, 0.25) is 0 Å². The van der Waals surface area contributed by atoms with Crippen LogP contribution >= 0.6 is 11.3 Å². The van der Waals surface area contributed by atoms with E-state index < -0.39 is 0 Å². The van der Waals surface area contributed by atoms with E-state index in [-0.39, 0.29) is 11.4 Å². The van der Waals surface area contributed by atoms with E-state index in [0.717, 1.165) is 17.8 Å². The summed E-state index contributed by atoms with van der Waals surface area (Å²) in [6.07, 6.45) is 5.86. The average Bonchev–Trinajstić information content (AvgIpc) is 2.78. The number of rotatable bonds is 2. The number of hydrogen-bond donors (Lipinski definition) is 2. The second kappa shape index (κ2) is 5.86. The van der Waals surface area contributed by atoms with Crippen molar-refractivity contribution in [2.75, 3.05) is 5.32 Å². The number of carbonyl (C=O) groups excluding carboxylic acids is 1. The van der Waals surface area contributed by atoms with Crippen LogP contribution in [0.25, 0.3) is 0 Å². The maximum absolute atomic E-state index is 11.9. The molecule has 0 spiro atoms. The van der Waals surface area contributed by atoms with Gasteiger partial charge in [0.1, 0.15) is 5.01 Å². The van der Waals surface area contributed by atoms with Gasteiger partial charge in [-0.15, -0.1) is 10.2 Å². The summed E-state index contributed by atoms with van der Waals surface area (Å²) in [6.45, 7) is 6.25. The van der Waals surface area contributed by atoms with Crippen LogP contribution in [0.4, 0.5) is 9.93 Å². The highest BCUT2D eigenvalue weighted by Gasteiger charge is 2.21. The first kappa shape index (κ1) is 14.2. The number of aromatic nitrogens is 2. The largest absolute Gasteiger partial charge is 0.335 e. The number of nitrogens with zero attached hydrogens (tertiary/aromatic N) is 2. The van der Waals surface area contributed by atoms with E-state index in [2.05, 4.69) is 41.6 Å². The van der Waals surface area contributed by atoms with Crippen molar-refractivity contribution in [3.8, 4) is 0 Å². The first-order valence-corrected chi connectivity index (χ1v) is 7.68. The Kier molecular flexibility index (Phi) is 4.39. The van der Waals surface area contributed by atoms with E-state index in [1.54, 1.807) is 0 Å². The lowest BCUT2D eigenvalue weighted by atomic mass is 9.96. The Morgan fingerprint density at radius 2 is 1.89 bits per heavy atom. The van der Waals surface area contributed by atoms with Gasteiger partial charge >= 0.3 is 6.03 Å². The lowest BCUT2D eigenvalue weighted by Gasteiger charge is -2.22. The molecule has 0 atom stereocenters. The molecule has 2 N–H and O–H groups in total. The number of hydrogen-bond acceptors (Lipinski definition) is 4. The van der Waals surface area contributed by atoms with Crippen molar-refractivity contribution >= 4 is 22.5 Å². The predicted octanol–water partition coefficient (Wildman–Crippen LogP) is 3.29. The summed E-state index contributed by atoms with van der Waals surface area (Å²) in [5.74, 6) is 0. The molecule has 1 aliphatic rings. The molecule has 19 heavy (non-hydrogen) atoms. The van der Waals surface area contributed by atoms with Crippen molar-refractivity contribution < 1.29 is 4.79 Å². The Hall–Kier alpha value is -1.17. The van der Waals surface area contributed by atoms with Gasteiger partial charge in [-0.05, 0) is 12.8 Å². The number of anilines is 1. The van der Waals surface area contributed by atoms with Crippen LogP contribution < -0.4 is 10.6 Å². The van der Waals surface area contributed by atoms with E-state index in [1.807, 2.05) is 0 Å². The van der Waals surface area contributed by atoms with E-state index in [4.69, 9.17) is 0 Å². The summed E-state index contributed by atoms with van der Waals surface area (Å²) >= 11 is 1.44. The molecule has 5 nitrogen and oxygen atoms in total. The Morgan fingerprint density at radius 1 is 1.21 bits per heavy atom. The van der Waals surface area contributed by atoms with Gasteiger partial charge in [-0.25, -0.2) is 4.79 Å². The molecule has 0 aromatic carbocycles. The van der Waals surface area contributed by atoms with Crippen LogP contribution in [0.5, 0.6) is 0 Å². The third kappa shape index (κ3) is 4.16. The Labute approximate surface area is 118 Å². The number of nitrogens with one attached hydrogen (secondary N) is 2. The van der Waals surface area contributed by atoms with Crippen molar-refractivity contribution in [1.82, 2.24) is 15.5 Å². The zero-order chi connectivity index (χ0) is 13.9. The van der Waals surface area contributed by atoms with Crippen molar-refractivity contribution in [2.24, 2.45) is 0 Å². The monoisotopic (exact) mass is 282 g/mol. The number of urea groups is 1. The third-order valence-corrected chi connectivity index (χ3v) is 4.49. The van der Waals surface area contributed by atoms with E-state index in [9.17, 15) is 4.79 Å². The van der Waals surface area contributed by atoms with Gasteiger partial charge in [0.2, 0.25) is 5.13 Å². The molecule has 1 aromatic heterocycles. The standard InChI is InChI=1S/C13H22N4OS/c1-13(2,3)10-16-17-12(19-10)15-11(18)14-9-7-5-4-6-8-9/h9H,4-8H2,1-3H3,(H2,14,15,17,18). The fourth-order valence-corrected chi connectivity index (χ4v) is 2.94. The maximum Gasteiger partial charge on any atom is 0.321 e. The van der Waals surface area contributed by atoms with Crippen LogP contribution in [0.15, 0.2) is 0 Å². The Morgan fingerprint density at radius 3 is 2.47 bits per heavy atom. The molecule has 1 heterocycles. The zero-order valence-corrected chi connectivity index (χ0v) is 12.6. The minimum absolute atomic E-state index is 0.0303. The molecular weight excluding hydrogens is 260 g/mol. The molecule has 2 rings (SSSR count). The molecular formula is C13H22N4OS. The molecule has 0 bridgehead atoms. The molecule has 0 aliphatic heterocycles. The Bertz CT molecular complexity index is 432. The van der Waals surface area contributed by atoms with Gasteiger partial charge in [0.25, 0.3) is 0 Å². The van der Waals surface area contributed by atoms with Crippen molar-refractivity contribution in [3.63, 3.8) is 0 Å². The highest BCUT2D eigenvalue weighted by molar-refractivity contribution is 7.15. The summed E-state index contributed by atoms with van der Waals surface area (Å²) in [7, 11) is 0. The fourth-order valence-electron chi connectivity index (χ4n) is 2.14. The molecule has 1 aromatic rings. The van der Waals surface area contributed by atoms with Gasteiger partial charge in [-0.2, -0.15) is 0 Å². The number of carbonyl (C=O) groups is 1. The van der Waals surface area contributed by atoms with Crippen LogP contribution in [0.3, 0.4) is 0 Å². The minimum atomic E-state index is -0.163. The molecule has 1 fully saturated rings. The van der Waals surface area contributed by atoms with Gasteiger partial charge in [-0.1, -0.05) is 51.4 Å². The first-order valence-electron chi connectivity index (χ1n) is 6.86. The summed E-state index contributed by atoms with van der Waals surface area (Å²) in [5, 5.41) is 15.4. The zero-order valence-electron chi connectivity index (χ0n) is 11.8. The van der Waals surface area contributed by atoms with Crippen molar-refractivity contribution in [2.45, 2.75) is 64.3 Å². The summed E-state index contributed by atoms with van der Waals surface area (Å²) in [4.78, 5) is 11.9. The SMILES string of the molecule is CC(C)(C)c1nnc(NC(=O)NC2CCCCC2)s1. The molecule has 1 aliphatic carbocycles. The van der Waals surface area contributed by atoms with Crippen LogP contribution in [0, 0.1) is 0 Å². The van der Waals surface area contributed by atoms with Crippen LogP contribution in [-0.2, 0) is 5.41 Å². The highest BCUT2D eigenvalue weighted by atomic mass is 32.1. The second-order valence-electron chi connectivity index (χ2n) is 6.10. The van der Waals surface area contributed by atoms with E-state index in [1.165, 1.54) is 30.6 Å². The quantitative estimate of drug-likeness (QED) is 0.874. The van der Waals surface area contributed by atoms with Gasteiger partial charge < -0.3 is 5.32 Å². The average molecular weight is 282 g/mol. The molecule has 106 valence electrons. The van der Waals surface area contributed by atoms with Gasteiger partial charge in [-0.3, -0.25) is 5.32 Å². The smallest absolute Gasteiger partial charge is 0.321 e. The minimum Gasteiger partial charge on any atom is -0.335 e. The fraction of sp³-hybridized carbons (Fsp3) is 0.769. The second-order valence-corrected chi connectivity index (χ2v) is 7.07. The summed E-state index contributed by atoms with van der Waals surface area (Å²) < 4.78 is 0. The van der Waals surface area contributed by atoms with Crippen LogP contribution in [0.1, 0.15) is 57.9 Å². The molecule has 2 amide bonds. The van der Waals surface area contributed by atoms with Gasteiger partial charge in [0, 0.05) is 11.5 Å². The summed E-state index contributed by atoms with van der Waals surface area (Å²) in [6, 6.07) is 0.146. The summed E-state index contributed by atoms with van der Waals surface area (Å²) in [5.41, 5.74) is -0.0303. The van der Waals surface area contributed by atoms with E-state index >= 15 is 0 Å². The van der Waals surface area contributed by atoms with Crippen LogP contribution in [-0.4, -0.2) is 22.3 Å². The molecule has 0 saturated heterocycles. The van der Waals surface area contributed by atoms with Gasteiger partial charge in [0.15, 0.2) is 0 Å². The molecule has 0 unspecified atom stereocenters. The lowest BCUT2D eigenvalue weighted by Crippen LogP contribution is -2.38. The maximum atomic E-state index is 11.9. The molecule has 0 radical (unpaired) electrons. The third-order valence-electron chi connectivity index (χ3n) is 3.23. The topological polar surface area (TPSA) is 66.9 Å². The Balaban J connectivity index is 1.86. The van der Waals surface area contributed by atoms with Crippen molar-refractivity contribution in [3.05, 3.63) is 5.01 Å².